The summed E-state index contributed by atoms with van der Waals surface area (Å²) >= 11 is 0. The number of nitrogens with zero attached hydrogens (tertiary/aromatic N) is 1. The normalized spacial score (nSPS) is 17.4. The average Bonchev–Trinajstić information content (AvgIpc) is 2.19. The van der Waals surface area contributed by atoms with E-state index in [1.165, 1.54) is 0 Å². The lowest BCUT2D eigenvalue weighted by molar-refractivity contribution is 0.747. The Morgan fingerprint density at radius 2 is 2.62 bits per heavy atom. The molecule has 0 aliphatic carbocycles. The maximum absolute atomic E-state index is 4.06. The van der Waals surface area contributed by atoms with Crippen LogP contribution in [0.25, 0.3) is 0 Å². The van der Waals surface area contributed by atoms with E-state index in [1.54, 1.807) is 0 Å². The topological polar surface area (TPSA) is 48.5 Å². The molecule has 0 amide bonds. The molecule has 4 heteroatoms. The molecule has 1 heterocycles. The third-order valence-electron chi connectivity index (χ3n) is 0.918. The Morgan fingerprint density at radius 1 is 1.75 bits per heavy atom. The van der Waals surface area contributed by atoms with Gasteiger partial charge in [0.25, 0.3) is 0 Å². The number of rotatable bonds is 1. The van der Waals surface area contributed by atoms with Gasteiger partial charge in [-0.15, -0.1) is 0 Å². The monoisotopic (exact) mass is 114 g/mol. The van der Waals surface area contributed by atoms with Crippen LogP contribution in [-0.2, 0) is 0 Å². The highest BCUT2D eigenvalue weighted by atomic mass is 15.4. The highest BCUT2D eigenvalue weighted by Gasteiger charge is 1.99. The molecule has 0 aromatic carbocycles. The van der Waals surface area contributed by atoms with Crippen molar-refractivity contribution in [1.82, 2.24) is 16.2 Å². The first kappa shape index (κ1) is 5.37. The van der Waals surface area contributed by atoms with Crippen molar-refractivity contribution in [2.24, 2.45) is 4.99 Å². The number of hydrogen-bond acceptors (Lipinski definition) is 4. The molecule has 0 atom stereocenters. The fourth-order valence-electron chi connectivity index (χ4n) is 0.600. The van der Waals surface area contributed by atoms with Crippen molar-refractivity contribution in [3.05, 3.63) is 0 Å². The minimum Gasteiger partial charge on any atom is -0.353 e. The van der Waals surface area contributed by atoms with Crippen LogP contribution in [0.5, 0.6) is 0 Å². The van der Waals surface area contributed by atoms with Crippen molar-refractivity contribution in [2.75, 3.05) is 20.1 Å². The van der Waals surface area contributed by atoms with Gasteiger partial charge < -0.3 is 5.32 Å². The van der Waals surface area contributed by atoms with Gasteiger partial charge in [0, 0.05) is 13.6 Å². The maximum Gasteiger partial charge on any atom is 0.206 e. The van der Waals surface area contributed by atoms with Gasteiger partial charge in [0.05, 0.1) is 6.54 Å². The molecule has 0 aromatic rings. The SMILES string of the molecule is CNNC1=NCCN1. The Kier molecular flexibility index (Phi) is 1.69. The second-order valence-electron chi connectivity index (χ2n) is 1.53. The minimum atomic E-state index is 0.840. The quantitative estimate of drug-likeness (QED) is 0.370. The molecule has 1 aliphatic heterocycles. The van der Waals surface area contributed by atoms with E-state index in [9.17, 15) is 0 Å². The zero-order valence-electron chi connectivity index (χ0n) is 4.86. The molecular weight excluding hydrogens is 104 g/mol. The van der Waals surface area contributed by atoms with E-state index in [0.29, 0.717) is 0 Å². The number of guanidine groups is 1. The lowest BCUT2D eigenvalue weighted by Crippen LogP contribution is -2.40. The number of aliphatic imine (C=N–C) groups is 1. The summed E-state index contributed by atoms with van der Waals surface area (Å²) in [5.74, 6) is 0.840. The summed E-state index contributed by atoms with van der Waals surface area (Å²) in [6.07, 6.45) is 0. The molecule has 0 unspecified atom stereocenters. The van der Waals surface area contributed by atoms with Crippen LogP contribution in [0, 0.1) is 0 Å². The Morgan fingerprint density at radius 3 is 3.12 bits per heavy atom. The standard InChI is InChI=1S/C4H10N4/c1-5-8-4-6-2-3-7-4/h5H,2-3H2,1H3,(H2,6,7,8). The summed E-state index contributed by atoms with van der Waals surface area (Å²) in [6, 6.07) is 0. The number of hydrogen-bond donors (Lipinski definition) is 3. The largest absolute Gasteiger partial charge is 0.353 e. The predicted octanol–water partition coefficient (Wildman–Crippen LogP) is -1.33. The van der Waals surface area contributed by atoms with Crippen molar-refractivity contribution in [3.8, 4) is 0 Å². The van der Waals surface area contributed by atoms with Crippen LogP contribution in [0.3, 0.4) is 0 Å². The zero-order chi connectivity index (χ0) is 5.82. The minimum absolute atomic E-state index is 0.840. The van der Waals surface area contributed by atoms with Crippen LogP contribution in [0.15, 0.2) is 4.99 Å². The molecule has 0 saturated heterocycles. The van der Waals surface area contributed by atoms with E-state index in [2.05, 4.69) is 21.2 Å². The second kappa shape index (κ2) is 2.52. The first-order chi connectivity index (χ1) is 3.93. The molecule has 0 spiro atoms. The first-order valence-electron chi connectivity index (χ1n) is 2.64. The van der Waals surface area contributed by atoms with Crippen LogP contribution in [0.2, 0.25) is 0 Å². The molecule has 0 fully saturated rings. The third-order valence-corrected chi connectivity index (χ3v) is 0.918. The Bertz CT molecular complexity index is 98.2. The molecule has 0 radical (unpaired) electrons. The van der Waals surface area contributed by atoms with Crippen molar-refractivity contribution >= 4 is 5.96 Å². The van der Waals surface area contributed by atoms with Crippen LogP contribution in [0.4, 0.5) is 0 Å². The van der Waals surface area contributed by atoms with E-state index >= 15 is 0 Å². The smallest absolute Gasteiger partial charge is 0.206 e. The fraction of sp³-hybridized carbons (Fsp3) is 0.750. The Balaban J connectivity index is 2.23. The Labute approximate surface area is 48.3 Å². The molecule has 3 N–H and O–H groups in total. The molecule has 46 valence electrons. The van der Waals surface area contributed by atoms with Crippen molar-refractivity contribution < 1.29 is 0 Å². The van der Waals surface area contributed by atoms with Crippen molar-refractivity contribution in [3.63, 3.8) is 0 Å². The second-order valence-corrected chi connectivity index (χ2v) is 1.53. The van der Waals surface area contributed by atoms with Gasteiger partial charge >= 0.3 is 0 Å². The van der Waals surface area contributed by atoms with Crippen LogP contribution < -0.4 is 16.2 Å². The predicted molar refractivity (Wildman–Crippen MR) is 32.5 cm³/mol. The van der Waals surface area contributed by atoms with Gasteiger partial charge in [0.1, 0.15) is 0 Å². The number of nitrogens with one attached hydrogen (secondary N) is 3. The molecular formula is C4H10N4. The van der Waals surface area contributed by atoms with Gasteiger partial charge in [0.2, 0.25) is 5.96 Å². The van der Waals surface area contributed by atoms with E-state index in [0.717, 1.165) is 19.0 Å². The molecule has 0 aromatic heterocycles. The maximum atomic E-state index is 4.06. The molecule has 0 saturated carbocycles. The van der Waals surface area contributed by atoms with Gasteiger partial charge in [-0.1, -0.05) is 0 Å². The van der Waals surface area contributed by atoms with Crippen molar-refractivity contribution in [1.29, 1.82) is 0 Å². The van der Waals surface area contributed by atoms with E-state index in [-0.39, 0.29) is 0 Å². The third kappa shape index (κ3) is 1.10. The summed E-state index contributed by atoms with van der Waals surface area (Å²) in [6.45, 7) is 1.83. The summed E-state index contributed by atoms with van der Waals surface area (Å²) in [4.78, 5) is 4.06. The number of hydrazine groups is 1. The first-order valence-corrected chi connectivity index (χ1v) is 2.64. The van der Waals surface area contributed by atoms with E-state index < -0.39 is 0 Å². The zero-order valence-corrected chi connectivity index (χ0v) is 4.86. The molecule has 0 bridgehead atoms. The summed E-state index contributed by atoms with van der Waals surface area (Å²) in [5, 5.41) is 3.03. The van der Waals surface area contributed by atoms with Crippen LogP contribution >= 0.6 is 0 Å². The lowest BCUT2D eigenvalue weighted by Gasteiger charge is -2.01. The van der Waals surface area contributed by atoms with Gasteiger partial charge in [-0.25, -0.2) is 5.43 Å². The van der Waals surface area contributed by atoms with Crippen LogP contribution in [-0.4, -0.2) is 26.1 Å². The van der Waals surface area contributed by atoms with Gasteiger partial charge in [0.15, 0.2) is 0 Å². The Hall–Kier alpha value is -0.770. The lowest BCUT2D eigenvalue weighted by atomic mass is 10.7. The van der Waals surface area contributed by atoms with Crippen molar-refractivity contribution in [2.45, 2.75) is 0 Å². The van der Waals surface area contributed by atoms with Gasteiger partial charge in [-0.2, -0.15) is 0 Å². The van der Waals surface area contributed by atoms with Crippen LogP contribution in [0.1, 0.15) is 0 Å². The van der Waals surface area contributed by atoms with Gasteiger partial charge in [-0.05, 0) is 0 Å². The van der Waals surface area contributed by atoms with E-state index in [1.807, 2.05) is 7.05 Å². The van der Waals surface area contributed by atoms with Gasteiger partial charge in [-0.3, -0.25) is 10.4 Å². The summed E-state index contributed by atoms with van der Waals surface area (Å²) in [5.41, 5.74) is 5.60. The molecule has 8 heavy (non-hydrogen) atoms. The highest BCUT2D eigenvalue weighted by Crippen LogP contribution is 1.77. The summed E-state index contributed by atoms with van der Waals surface area (Å²) < 4.78 is 0. The molecule has 4 nitrogen and oxygen atoms in total. The molecule has 1 aliphatic rings. The highest BCUT2D eigenvalue weighted by molar-refractivity contribution is 5.80. The summed E-state index contributed by atoms with van der Waals surface area (Å²) in [7, 11) is 1.81. The fourth-order valence-corrected chi connectivity index (χ4v) is 0.600. The molecule has 1 rings (SSSR count). The average molecular weight is 114 g/mol. The van der Waals surface area contributed by atoms with E-state index in [4.69, 9.17) is 0 Å².